The molecule has 0 saturated heterocycles. The Hall–Kier alpha value is -5.00. The van der Waals surface area contributed by atoms with Crippen molar-refractivity contribution in [1.82, 2.24) is 49.7 Å². The lowest BCUT2D eigenvalue weighted by molar-refractivity contribution is -0.154. The van der Waals surface area contributed by atoms with Crippen molar-refractivity contribution in [3.05, 3.63) is 33.4 Å². The lowest BCUT2D eigenvalue weighted by atomic mass is 10.0. The fraction of sp³-hybridized carbons (Fsp3) is 0.586. The average Bonchev–Trinajstić information content (AvgIpc) is 3.68. The number of hydrogen-bond acceptors (Lipinski definition) is 18. The summed E-state index contributed by atoms with van der Waals surface area (Å²) in [6.07, 6.45) is 0.870. The number of nitrogens with two attached hydrogens (primary N) is 2. The van der Waals surface area contributed by atoms with Crippen LogP contribution in [0.4, 0.5) is 11.9 Å². The zero-order valence-corrected chi connectivity index (χ0v) is 28.6. The summed E-state index contributed by atoms with van der Waals surface area (Å²) in [5.41, 5.74) is 10.7. The molecule has 2 unspecified atom stereocenters. The van der Waals surface area contributed by atoms with E-state index in [2.05, 4.69) is 40.5 Å². The van der Waals surface area contributed by atoms with Crippen LogP contribution in [0.2, 0.25) is 0 Å². The Morgan fingerprint density at radius 2 is 1.16 bits per heavy atom. The van der Waals surface area contributed by atoms with Crippen LogP contribution in [0.15, 0.2) is 22.2 Å². The molecule has 280 valence electrons. The number of H-pyrrole nitrogens is 2. The monoisotopic (exact) mass is 720 g/mol. The van der Waals surface area contributed by atoms with Crippen molar-refractivity contribution >= 4 is 46.2 Å². The van der Waals surface area contributed by atoms with E-state index in [0.717, 1.165) is 0 Å². The maximum atomic E-state index is 13.0. The van der Waals surface area contributed by atoms with Crippen LogP contribution in [-0.4, -0.2) is 119 Å². The van der Waals surface area contributed by atoms with Crippen molar-refractivity contribution in [2.45, 2.75) is 65.4 Å². The third-order valence-corrected chi connectivity index (χ3v) is 7.60. The molecule has 22 nitrogen and oxygen atoms in total. The van der Waals surface area contributed by atoms with Crippen LogP contribution in [0.3, 0.4) is 0 Å². The number of aliphatic hydroxyl groups is 2. The van der Waals surface area contributed by atoms with Crippen LogP contribution in [0.25, 0.3) is 22.3 Å². The predicted octanol–water partition coefficient (Wildman–Crippen LogP) is -2.64. The van der Waals surface area contributed by atoms with Crippen molar-refractivity contribution in [2.24, 2.45) is 11.8 Å². The fourth-order valence-corrected chi connectivity index (χ4v) is 4.80. The number of imidazole rings is 2. The number of nitrogen functional groups attached to an aromatic ring is 2. The van der Waals surface area contributed by atoms with Gasteiger partial charge in [-0.05, 0) is 11.8 Å². The molecule has 4 rings (SSSR count). The van der Waals surface area contributed by atoms with Crippen molar-refractivity contribution in [1.29, 1.82) is 0 Å². The number of carbonyl (C=O) groups is 2. The number of esters is 2. The molecule has 0 aliphatic carbocycles. The molecule has 4 atom stereocenters. The van der Waals surface area contributed by atoms with Gasteiger partial charge in [0.2, 0.25) is 11.9 Å². The van der Waals surface area contributed by atoms with Gasteiger partial charge >= 0.3 is 11.9 Å². The van der Waals surface area contributed by atoms with Gasteiger partial charge < -0.3 is 40.6 Å². The number of aromatic amines is 2. The molecular formula is C29H44N12O10. The molecular weight excluding hydrogens is 676 g/mol. The number of carbonyl (C=O) groups excluding carboxylic acids is 2. The minimum Gasteiger partial charge on any atom is -0.462 e. The molecule has 0 fully saturated rings. The summed E-state index contributed by atoms with van der Waals surface area (Å²) in [6.45, 7) is 5.48. The van der Waals surface area contributed by atoms with Gasteiger partial charge in [0.05, 0.1) is 25.9 Å². The first-order valence-corrected chi connectivity index (χ1v) is 16.0. The van der Waals surface area contributed by atoms with Gasteiger partial charge in [0.25, 0.3) is 11.1 Å². The van der Waals surface area contributed by atoms with E-state index in [1.165, 1.54) is 21.8 Å². The molecule has 0 aliphatic rings. The van der Waals surface area contributed by atoms with E-state index in [1.807, 2.05) is 27.7 Å². The van der Waals surface area contributed by atoms with Gasteiger partial charge in [-0.3, -0.25) is 48.9 Å². The van der Waals surface area contributed by atoms with Crippen LogP contribution in [0, 0.1) is 11.8 Å². The number of nitrogens with zero attached hydrogens (tertiary/aromatic N) is 6. The predicted molar refractivity (Wildman–Crippen MR) is 179 cm³/mol. The highest BCUT2D eigenvalue weighted by atomic mass is 16.6. The first-order chi connectivity index (χ1) is 24.3. The molecule has 0 aromatic carbocycles. The molecule has 22 heteroatoms. The molecule has 0 aliphatic heterocycles. The second-order valence-electron chi connectivity index (χ2n) is 12.2. The van der Waals surface area contributed by atoms with E-state index in [0.29, 0.717) is 0 Å². The van der Waals surface area contributed by atoms with E-state index in [4.69, 9.17) is 30.4 Å². The van der Waals surface area contributed by atoms with Gasteiger partial charge in [0, 0.05) is 6.67 Å². The third kappa shape index (κ3) is 10.0. The Kier molecular flexibility index (Phi) is 13.5. The number of rotatable bonds is 20. The number of aromatic nitrogens is 8. The topological polar surface area (TPSA) is 315 Å². The number of aliphatic hydroxyl groups excluding tert-OH is 2. The van der Waals surface area contributed by atoms with Crippen molar-refractivity contribution < 1.29 is 38.7 Å². The molecule has 4 aromatic rings. The lowest BCUT2D eigenvalue weighted by Gasteiger charge is -2.26. The summed E-state index contributed by atoms with van der Waals surface area (Å²) >= 11 is 0. The Labute approximate surface area is 289 Å². The summed E-state index contributed by atoms with van der Waals surface area (Å²) in [4.78, 5) is 70.8. The quantitative estimate of drug-likeness (QED) is 0.0342. The van der Waals surface area contributed by atoms with Crippen LogP contribution >= 0.6 is 0 Å². The molecule has 51 heavy (non-hydrogen) atoms. The van der Waals surface area contributed by atoms with E-state index in [-0.39, 0.29) is 79.4 Å². The number of nitrogens with one attached hydrogen (secondary N) is 4. The van der Waals surface area contributed by atoms with Gasteiger partial charge in [-0.25, -0.2) is 9.97 Å². The maximum Gasteiger partial charge on any atom is 0.323 e. The lowest BCUT2D eigenvalue weighted by Crippen LogP contribution is -2.51. The van der Waals surface area contributed by atoms with Crippen LogP contribution in [0.5, 0.6) is 0 Å². The van der Waals surface area contributed by atoms with Crippen molar-refractivity contribution in [3.8, 4) is 0 Å². The fourth-order valence-electron chi connectivity index (χ4n) is 4.80. The molecule has 0 spiro atoms. The SMILES string of the molecule is CC(C)[C@H](NCN[C@H](C(=O)OCC(CO)OCn1cnc2c(=O)[nH]c(N)nc21)C(C)C)C(=O)OCC(CO)OCn1cnc2c(=O)[nH]c(N)nc21. The van der Waals surface area contributed by atoms with Gasteiger partial charge in [0.15, 0.2) is 22.3 Å². The molecule has 0 amide bonds. The van der Waals surface area contributed by atoms with E-state index < -0.39 is 60.6 Å². The van der Waals surface area contributed by atoms with Crippen molar-refractivity contribution in [3.63, 3.8) is 0 Å². The minimum absolute atomic E-state index is 0.0294. The van der Waals surface area contributed by atoms with Crippen LogP contribution in [0.1, 0.15) is 27.7 Å². The van der Waals surface area contributed by atoms with Gasteiger partial charge in [0.1, 0.15) is 51.0 Å². The molecule has 4 aromatic heterocycles. The highest BCUT2D eigenvalue weighted by molar-refractivity contribution is 5.77. The number of fused-ring (bicyclic) bond motifs is 2. The summed E-state index contributed by atoms with van der Waals surface area (Å²) in [5.74, 6) is -1.84. The Balaban J connectivity index is 1.23. The molecule has 10 N–H and O–H groups in total. The average molecular weight is 721 g/mol. The van der Waals surface area contributed by atoms with Crippen LogP contribution < -0.4 is 33.2 Å². The molecule has 0 radical (unpaired) electrons. The maximum absolute atomic E-state index is 13.0. The van der Waals surface area contributed by atoms with Gasteiger partial charge in [-0.15, -0.1) is 0 Å². The largest absolute Gasteiger partial charge is 0.462 e. The molecule has 0 saturated carbocycles. The number of hydrogen-bond donors (Lipinski definition) is 8. The highest BCUT2D eigenvalue weighted by Crippen LogP contribution is 2.11. The summed E-state index contributed by atoms with van der Waals surface area (Å²) < 4.78 is 25.0. The van der Waals surface area contributed by atoms with E-state index in [1.54, 1.807) is 0 Å². The van der Waals surface area contributed by atoms with Gasteiger partial charge in [-0.2, -0.15) is 9.97 Å². The van der Waals surface area contributed by atoms with Crippen molar-refractivity contribution in [2.75, 3.05) is 44.6 Å². The molecule has 0 bridgehead atoms. The number of anilines is 2. The highest BCUT2D eigenvalue weighted by Gasteiger charge is 2.28. The zero-order chi connectivity index (χ0) is 37.2. The second kappa shape index (κ2) is 17.8. The Bertz CT molecular complexity index is 1750. The first-order valence-electron chi connectivity index (χ1n) is 16.0. The third-order valence-electron chi connectivity index (χ3n) is 7.60. The minimum atomic E-state index is -0.900. The smallest absolute Gasteiger partial charge is 0.323 e. The first kappa shape index (κ1) is 38.8. The second-order valence-corrected chi connectivity index (χ2v) is 12.2. The number of ether oxygens (including phenoxy) is 4. The van der Waals surface area contributed by atoms with Gasteiger partial charge in [-0.1, -0.05) is 27.7 Å². The normalized spacial score (nSPS) is 14.3. The summed E-state index contributed by atoms with van der Waals surface area (Å²) in [7, 11) is 0. The summed E-state index contributed by atoms with van der Waals surface area (Å²) in [5, 5.41) is 25.7. The Morgan fingerprint density at radius 1 is 0.765 bits per heavy atom. The zero-order valence-electron chi connectivity index (χ0n) is 28.6. The van der Waals surface area contributed by atoms with Crippen LogP contribution in [-0.2, 0) is 42.0 Å². The molecule has 4 heterocycles. The standard InChI is InChI=1S/C29H44N12O10/c1-14(2)18(26(46)48-7-16(5-42)50-12-40-10-34-20-22(40)36-28(30)38-24(20)44)32-9-33-19(15(3)4)27(47)49-8-17(6-43)51-13-41-11-35-21-23(41)37-29(31)39-25(21)45/h10-11,14-19,32-33,42-43H,5-9,12-13H2,1-4H3,(H3,30,36,38,44)(H3,31,37,39,45)/t16?,17?,18-,19-/m0/s1. The van der Waals surface area contributed by atoms with E-state index in [9.17, 15) is 29.4 Å². The summed E-state index contributed by atoms with van der Waals surface area (Å²) in [6, 6.07) is -1.58. The Morgan fingerprint density at radius 3 is 1.51 bits per heavy atom. The van der Waals surface area contributed by atoms with E-state index >= 15 is 0 Å².